The number of pyridine rings is 1. The summed E-state index contributed by atoms with van der Waals surface area (Å²) in [6.07, 6.45) is 1.96. The van der Waals surface area contributed by atoms with Gasteiger partial charge in [-0.1, -0.05) is 12.1 Å². The highest BCUT2D eigenvalue weighted by molar-refractivity contribution is 7.23. The lowest BCUT2D eigenvalue weighted by atomic mass is 10.2. The first-order valence-electron chi connectivity index (χ1n) is 6.54. The summed E-state index contributed by atoms with van der Waals surface area (Å²) in [4.78, 5) is 9.73. The second-order valence-electron chi connectivity index (χ2n) is 4.55. The minimum Gasteiger partial charge on any atom is -0.255 e. The fourth-order valence-corrected chi connectivity index (χ4v) is 4.69. The van der Waals surface area contributed by atoms with Crippen LogP contribution in [0.1, 0.15) is 0 Å². The smallest absolute Gasteiger partial charge is 0.0802 e. The van der Waals surface area contributed by atoms with E-state index >= 15 is 0 Å². The van der Waals surface area contributed by atoms with Gasteiger partial charge in [0.1, 0.15) is 0 Å². The Morgan fingerprint density at radius 3 is 2.10 bits per heavy atom. The maximum atomic E-state index is 4.62. The Bertz CT molecular complexity index is 825. The van der Waals surface area contributed by atoms with Crippen LogP contribution in [0.25, 0.3) is 30.8 Å². The highest BCUT2D eigenvalue weighted by Crippen LogP contribution is 2.36. The molecule has 0 unspecified atom stereocenters. The summed E-state index contributed by atoms with van der Waals surface area (Å²) in [6.45, 7) is 0. The summed E-state index contributed by atoms with van der Waals surface area (Å²) in [5.41, 5.74) is 2.23. The van der Waals surface area contributed by atoms with Crippen LogP contribution in [0.4, 0.5) is 0 Å². The molecule has 0 bridgehead atoms. The highest BCUT2D eigenvalue weighted by atomic mass is 32.1. The summed E-state index contributed by atoms with van der Waals surface area (Å²) in [7, 11) is 0. The Balaban J connectivity index is 1.65. The molecule has 21 heavy (non-hydrogen) atoms. The zero-order valence-corrected chi connectivity index (χ0v) is 13.5. The van der Waals surface area contributed by atoms with Gasteiger partial charge in [0, 0.05) is 26.4 Å². The van der Waals surface area contributed by atoms with Crippen molar-refractivity contribution >= 4 is 34.0 Å². The van der Waals surface area contributed by atoms with Crippen LogP contribution in [0.5, 0.6) is 0 Å². The van der Waals surface area contributed by atoms with Crippen molar-refractivity contribution < 1.29 is 0 Å². The van der Waals surface area contributed by atoms with Crippen molar-refractivity contribution in [3.8, 4) is 30.8 Å². The van der Waals surface area contributed by atoms with E-state index in [1.54, 1.807) is 34.0 Å². The van der Waals surface area contributed by atoms with Crippen molar-refractivity contribution in [3.63, 3.8) is 0 Å². The molecule has 0 saturated heterocycles. The van der Waals surface area contributed by atoms with E-state index in [2.05, 4.69) is 64.3 Å². The number of aromatic nitrogens is 1. The standard InChI is InChI=1S/C17H11NS3/c1-3-14(19-9-1)12-5-6-13(18-11-12)15-7-8-17(21-15)16-4-2-10-20-16/h1-11H. The van der Waals surface area contributed by atoms with Gasteiger partial charge in [0.15, 0.2) is 0 Å². The van der Waals surface area contributed by atoms with Gasteiger partial charge in [-0.25, -0.2) is 0 Å². The number of nitrogens with zero attached hydrogens (tertiary/aromatic N) is 1. The Morgan fingerprint density at radius 2 is 1.43 bits per heavy atom. The molecular weight excluding hydrogens is 314 g/mol. The number of rotatable bonds is 3. The van der Waals surface area contributed by atoms with Gasteiger partial charge in [-0.05, 0) is 47.2 Å². The monoisotopic (exact) mass is 325 g/mol. The predicted molar refractivity (Wildman–Crippen MR) is 94.2 cm³/mol. The molecule has 0 fully saturated rings. The minimum atomic E-state index is 1.04. The second-order valence-corrected chi connectivity index (χ2v) is 7.53. The van der Waals surface area contributed by atoms with Gasteiger partial charge in [-0.15, -0.1) is 34.0 Å². The predicted octanol–water partition coefficient (Wildman–Crippen LogP) is 6.27. The SMILES string of the molecule is c1csc(-c2ccc(-c3ccc(-c4cccs4)s3)nc2)c1. The Morgan fingerprint density at radius 1 is 0.667 bits per heavy atom. The fraction of sp³-hybridized carbons (Fsp3) is 0. The van der Waals surface area contributed by atoms with E-state index in [1.165, 1.54) is 25.1 Å². The molecule has 4 rings (SSSR count). The maximum Gasteiger partial charge on any atom is 0.0802 e. The van der Waals surface area contributed by atoms with E-state index in [1.807, 2.05) is 6.20 Å². The first kappa shape index (κ1) is 13.0. The van der Waals surface area contributed by atoms with Crippen LogP contribution in [0.2, 0.25) is 0 Å². The molecule has 4 aromatic rings. The average Bonchev–Trinajstić information content (AvgIpc) is 3.27. The van der Waals surface area contributed by atoms with Gasteiger partial charge in [0.2, 0.25) is 0 Å². The van der Waals surface area contributed by atoms with Crippen LogP contribution in [0, 0.1) is 0 Å². The summed E-state index contributed by atoms with van der Waals surface area (Å²) < 4.78 is 0. The van der Waals surface area contributed by atoms with Crippen molar-refractivity contribution in [1.82, 2.24) is 4.98 Å². The normalized spacial score (nSPS) is 10.9. The Hall–Kier alpha value is -1.75. The zero-order chi connectivity index (χ0) is 14.1. The molecule has 0 aliphatic rings. The van der Waals surface area contributed by atoms with E-state index < -0.39 is 0 Å². The summed E-state index contributed by atoms with van der Waals surface area (Å²) in [6, 6.07) is 17.0. The highest BCUT2D eigenvalue weighted by Gasteiger charge is 2.07. The van der Waals surface area contributed by atoms with Crippen molar-refractivity contribution in [2.75, 3.05) is 0 Å². The number of hydrogen-bond acceptors (Lipinski definition) is 4. The van der Waals surface area contributed by atoms with Crippen molar-refractivity contribution in [3.05, 3.63) is 65.5 Å². The first-order chi connectivity index (χ1) is 10.4. The lowest BCUT2D eigenvalue weighted by molar-refractivity contribution is 1.34. The molecule has 0 aliphatic carbocycles. The first-order valence-corrected chi connectivity index (χ1v) is 9.12. The van der Waals surface area contributed by atoms with E-state index in [9.17, 15) is 0 Å². The molecule has 4 aromatic heterocycles. The third kappa shape index (κ3) is 2.58. The zero-order valence-electron chi connectivity index (χ0n) is 11.0. The lowest BCUT2D eigenvalue weighted by Crippen LogP contribution is -1.80. The quantitative estimate of drug-likeness (QED) is 0.433. The van der Waals surface area contributed by atoms with Crippen LogP contribution in [0.3, 0.4) is 0 Å². The van der Waals surface area contributed by atoms with Gasteiger partial charge >= 0.3 is 0 Å². The van der Waals surface area contributed by atoms with Crippen LogP contribution in [-0.4, -0.2) is 4.98 Å². The molecular formula is C17H11NS3. The summed E-state index contributed by atoms with van der Waals surface area (Å²) in [5, 5.41) is 4.21. The second kappa shape index (κ2) is 5.56. The van der Waals surface area contributed by atoms with Gasteiger partial charge in [0.05, 0.1) is 10.6 Å². The van der Waals surface area contributed by atoms with E-state index in [0.29, 0.717) is 0 Å². The molecule has 1 nitrogen and oxygen atoms in total. The molecule has 0 N–H and O–H groups in total. The molecule has 102 valence electrons. The Kier molecular flexibility index (Phi) is 3.43. The molecule has 0 saturated carbocycles. The molecule has 0 amide bonds. The fourth-order valence-electron chi connectivity index (χ4n) is 2.15. The van der Waals surface area contributed by atoms with Crippen LogP contribution < -0.4 is 0 Å². The lowest BCUT2D eigenvalue weighted by Gasteiger charge is -1.99. The van der Waals surface area contributed by atoms with Gasteiger partial charge < -0.3 is 0 Å². The van der Waals surface area contributed by atoms with Gasteiger partial charge in [-0.2, -0.15) is 0 Å². The molecule has 4 heteroatoms. The van der Waals surface area contributed by atoms with Crippen LogP contribution in [0.15, 0.2) is 65.5 Å². The third-order valence-corrected chi connectivity index (χ3v) is 6.28. The molecule has 0 aromatic carbocycles. The molecule has 0 radical (unpaired) electrons. The largest absolute Gasteiger partial charge is 0.255 e. The number of hydrogen-bond donors (Lipinski definition) is 0. The van der Waals surface area contributed by atoms with E-state index in [0.717, 1.165) is 5.69 Å². The molecule has 0 atom stereocenters. The topological polar surface area (TPSA) is 12.9 Å². The van der Waals surface area contributed by atoms with E-state index in [-0.39, 0.29) is 0 Å². The third-order valence-electron chi connectivity index (χ3n) is 3.19. The Labute approximate surface area is 135 Å². The van der Waals surface area contributed by atoms with Crippen molar-refractivity contribution in [2.24, 2.45) is 0 Å². The number of thiophene rings is 3. The maximum absolute atomic E-state index is 4.62. The molecule has 0 aliphatic heterocycles. The van der Waals surface area contributed by atoms with Crippen molar-refractivity contribution in [2.45, 2.75) is 0 Å². The average molecular weight is 325 g/mol. The molecule has 0 spiro atoms. The summed E-state index contributed by atoms with van der Waals surface area (Å²) >= 11 is 5.32. The summed E-state index contributed by atoms with van der Waals surface area (Å²) in [5.74, 6) is 0. The minimum absolute atomic E-state index is 1.04. The van der Waals surface area contributed by atoms with Crippen LogP contribution in [-0.2, 0) is 0 Å². The molecule has 4 heterocycles. The van der Waals surface area contributed by atoms with Gasteiger partial charge in [-0.3, -0.25) is 4.98 Å². The van der Waals surface area contributed by atoms with Crippen molar-refractivity contribution in [1.29, 1.82) is 0 Å². The van der Waals surface area contributed by atoms with Crippen LogP contribution >= 0.6 is 34.0 Å². The van der Waals surface area contributed by atoms with Gasteiger partial charge in [0.25, 0.3) is 0 Å². The van der Waals surface area contributed by atoms with E-state index in [4.69, 9.17) is 0 Å².